The monoisotopic (exact) mass is 235 g/mol. The van der Waals surface area contributed by atoms with Gasteiger partial charge in [0.2, 0.25) is 0 Å². The third-order valence-electron chi connectivity index (χ3n) is 3.55. The van der Waals surface area contributed by atoms with E-state index in [0.717, 1.165) is 11.4 Å². The lowest BCUT2D eigenvalue weighted by molar-refractivity contribution is 0.0289. The molecule has 1 unspecified atom stereocenters. The Balaban J connectivity index is 2.10. The second kappa shape index (κ2) is 6.07. The molecule has 1 aromatic heterocycles. The predicted molar refractivity (Wildman–Crippen MR) is 66.2 cm³/mol. The van der Waals surface area contributed by atoms with Crippen LogP contribution in [0.2, 0.25) is 0 Å². The van der Waals surface area contributed by atoms with Gasteiger partial charge in [-0.05, 0) is 18.8 Å². The summed E-state index contributed by atoms with van der Waals surface area (Å²) < 4.78 is 5.59. The summed E-state index contributed by atoms with van der Waals surface area (Å²) in [5.74, 6) is 1.37. The fourth-order valence-corrected chi connectivity index (χ4v) is 2.56. The van der Waals surface area contributed by atoms with E-state index in [4.69, 9.17) is 10.5 Å². The van der Waals surface area contributed by atoms with Crippen molar-refractivity contribution in [2.24, 2.45) is 11.7 Å². The quantitative estimate of drug-likeness (QED) is 0.869. The number of rotatable bonds is 4. The molecule has 0 aliphatic heterocycles. The zero-order valence-electron chi connectivity index (χ0n) is 10.4. The number of nitrogens with zero attached hydrogens (tertiary/aromatic N) is 2. The Labute approximate surface area is 103 Å². The van der Waals surface area contributed by atoms with Gasteiger partial charge in [0, 0.05) is 31.6 Å². The molecular formula is C13H21N3O. The minimum atomic E-state index is 0.0436. The predicted octanol–water partition coefficient (Wildman–Crippen LogP) is 2.20. The van der Waals surface area contributed by atoms with Gasteiger partial charge in [-0.3, -0.25) is 0 Å². The summed E-state index contributed by atoms with van der Waals surface area (Å²) in [5, 5.41) is 0. The average molecular weight is 235 g/mol. The standard InChI is InChI=1S/C13H21N3O/c1-17-12(11-5-3-2-4-6-11)13-15-8-10(7-14)9-16-13/h8-9,11-12H,2-7,14H2,1H3. The average Bonchev–Trinajstić information content (AvgIpc) is 2.42. The Morgan fingerprint density at radius 2 is 1.94 bits per heavy atom. The molecule has 0 bridgehead atoms. The zero-order valence-corrected chi connectivity index (χ0v) is 10.4. The van der Waals surface area contributed by atoms with Crippen LogP contribution >= 0.6 is 0 Å². The van der Waals surface area contributed by atoms with Crippen molar-refractivity contribution < 1.29 is 4.74 Å². The van der Waals surface area contributed by atoms with Crippen molar-refractivity contribution in [1.82, 2.24) is 9.97 Å². The Hall–Kier alpha value is -1.00. The molecule has 1 heterocycles. The fourth-order valence-electron chi connectivity index (χ4n) is 2.56. The van der Waals surface area contributed by atoms with Crippen molar-refractivity contribution in [2.75, 3.05) is 7.11 Å². The lowest BCUT2D eigenvalue weighted by Gasteiger charge is -2.28. The first kappa shape index (κ1) is 12.5. The first-order valence-corrected chi connectivity index (χ1v) is 6.39. The molecule has 4 heteroatoms. The SMILES string of the molecule is COC(c1ncc(CN)cn1)C1CCCCC1. The van der Waals surface area contributed by atoms with E-state index >= 15 is 0 Å². The molecule has 0 aromatic carbocycles. The van der Waals surface area contributed by atoms with E-state index in [9.17, 15) is 0 Å². The number of methoxy groups -OCH3 is 1. The van der Waals surface area contributed by atoms with Crippen LogP contribution < -0.4 is 5.73 Å². The van der Waals surface area contributed by atoms with Crippen LogP contribution in [-0.4, -0.2) is 17.1 Å². The Morgan fingerprint density at radius 1 is 1.29 bits per heavy atom. The maximum absolute atomic E-state index is 5.59. The smallest absolute Gasteiger partial charge is 0.157 e. The summed E-state index contributed by atoms with van der Waals surface area (Å²) in [4.78, 5) is 8.76. The summed E-state index contributed by atoms with van der Waals surface area (Å²) in [7, 11) is 1.75. The summed E-state index contributed by atoms with van der Waals surface area (Å²) in [6.07, 6.45) is 10.0. The van der Waals surface area contributed by atoms with Gasteiger partial charge in [-0.25, -0.2) is 9.97 Å². The number of ether oxygens (including phenoxy) is 1. The highest BCUT2D eigenvalue weighted by molar-refractivity contribution is 5.06. The Morgan fingerprint density at radius 3 is 2.47 bits per heavy atom. The van der Waals surface area contributed by atoms with E-state index in [0.29, 0.717) is 12.5 Å². The molecule has 1 saturated carbocycles. The van der Waals surface area contributed by atoms with Crippen LogP contribution in [0.5, 0.6) is 0 Å². The normalized spacial score (nSPS) is 19.2. The number of nitrogens with two attached hydrogens (primary N) is 1. The summed E-state index contributed by atoms with van der Waals surface area (Å²) in [6, 6.07) is 0. The van der Waals surface area contributed by atoms with Crippen LogP contribution in [0.3, 0.4) is 0 Å². The molecule has 1 atom stereocenters. The fraction of sp³-hybridized carbons (Fsp3) is 0.692. The number of aromatic nitrogens is 2. The van der Waals surface area contributed by atoms with Gasteiger partial charge in [0.25, 0.3) is 0 Å². The van der Waals surface area contributed by atoms with Crippen LogP contribution in [0.15, 0.2) is 12.4 Å². The van der Waals surface area contributed by atoms with E-state index in [2.05, 4.69) is 9.97 Å². The van der Waals surface area contributed by atoms with Gasteiger partial charge in [-0.1, -0.05) is 19.3 Å². The third-order valence-corrected chi connectivity index (χ3v) is 3.55. The first-order chi connectivity index (χ1) is 8.35. The van der Waals surface area contributed by atoms with E-state index < -0.39 is 0 Å². The number of hydrogen-bond donors (Lipinski definition) is 1. The van der Waals surface area contributed by atoms with Crippen molar-refractivity contribution in [3.05, 3.63) is 23.8 Å². The van der Waals surface area contributed by atoms with Crippen LogP contribution in [0, 0.1) is 5.92 Å². The Bertz CT molecular complexity index is 333. The topological polar surface area (TPSA) is 61.0 Å². The van der Waals surface area contributed by atoms with Gasteiger partial charge in [0.15, 0.2) is 5.82 Å². The van der Waals surface area contributed by atoms with E-state index in [1.807, 2.05) is 0 Å². The van der Waals surface area contributed by atoms with Gasteiger partial charge < -0.3 is 10.5 Å². The molecule has 2 rings (SSSR count). The molecule has 0 saturated heterocycles. The highest BCUT2D eigenvalue weighted by atomic mass is 16.5. The second-order valence-electron chi connectivity index (χ2n) is 4.71. The lowest BCUT2D eigenvalue weighted by atomic mass is 9.85. The van der Waals surface area contributed by atoms with Crippen molar-refractivity contribution >= 4 is 0 Å². The molecule has 0 radical (unpaired) electrons. The minimum Gasteiger partial charge on any atom is -0.373 e. The molecule has 1 aromatic rings. The third kappa shape index (κ3) is 3.01. The van der Waals surface area contributed by atoms with Crippen LogP contribution in [0.1, 0.15) is 49.6 Å². The molecule has 4 nitrogen and oxygen atoms in total. The second-order valence-corrected chi connectivity index (χ2v) is 4.71. The molecule has 0 amide bonds. The van der Waals surface area contributed by atoms with Crippen molar-refractivity contribution in [3.63, 3.8) is 0 Å². The van der Waals surface area contributed by atoms with Crippen molar-refractivity contribution in [3.8, 4) is 0 Å². The highest BCUT2D eigenvalue weighted by Crippen LogP contribution is 2.34. The van der Waals surface area contributed by atoms with Crippen LogP contribution in [0.4, 0.5) is 0 Å². The summed E-state index contributed by atoms with van der Waals surface area (Å²) in [5.41, 5.74) is 6.51. The molecule has 1 fully saturated rings. The molecule has 1 aliphatic rings. The zero-order chi connectivity index (χ0) is 12.1. The maximum Gasteiger partial charge on any atom is 0.157 e. The molecule has 17 heavy (non-hydrogen) atoms. The molecular weight excluding hydrogens is 214 g/mol. The maximum atomic E-state index is 5.59. The first-order valence-electron chi connectivity index (χ1n) is 6.39. The molecule has 94 valence electrons. The van der Waals surface area contributed by atoms with Gasteiger partial charge in [0.1, 0.15) is 6.10 Å². The van der Waals surface area contributed by atoms with Crippen molar-refractivity contribution in [2.45, 2.75) is 44.8 Å². The molecule has 2 N–H and O–H groups in total. The lowest BCUT2D eigenvalue weighted by Crippen LogP contribution is -2.20. The van der Waals surface area contributed by atoms with Gasteiger partial charge in [0.05, 0.1) is 0 Å². The van der Waals surface area contributed by atoms with Gasteiger partial charge in [-0.15, -0.1) is 0 Å². The highest BCUT2D eigenvalue weighted by Gasteiger charge is 2.26. The Kier molecular flexibility index (Phi) is 4.45. The number of hydrogen-bond acceptors (Lipinski definition) is 4. The summed E-state index contributed by atoms with van der Waals surface area (Å²) in [6.45, 7) is 0.487. The largest absolute Gasteiger partial charge is 0.373 e. The van der Waals surface area contributed by atoms with Gasteiger partial charge >= 0.3 is 0 Å². The van der Waals surface area contributed by atoms with E-state index in [1.54, 1.807) is 19.5 Å². The van der Waals surface area contributed by atoms with Gasteiger partial charge in [-0.2, -0.15) is 0 Å². The summed E-state index contributed by atoms with van der Waals surface area (Å²) >= 11 is 0. The van der Waals surface area contributed by atoms with Crippen molar-refractivity contribution in [1.29, 1.82) is 0 Å². The molecule has 1 aliphatic carbocycles. The van der Waals surface area contributed by atoms with E-state index in [1.165, 1.54) is 32.1 Å². The van der Waals surface area contributed by atoms with Crippen LogP contribution in [0.25, 0.3) is 0 Å². The molecule has 0 spiro atoms. The minimum absolute atomic E-state index is 0.0436. The van der Waals surface area contributed by atoms with E-state index in [-0.39, 0.29) is 6.10 Å². The van der Waals surface area contributed by atoms with Crippen LogP contribution in [-0.2, 0) is 11.3 Å².